The van der Waals surface area contributed by atoms with Crippen LogP contribution < -0.4 is 0 Å². The molecule has 0 aromatic carbocycles. The van der Waals surface area contributed by atoms with Crippen LogP contribution in [0.2, 0.25) is 0 Å². The standard InChI is InChI=1S/C10H25NO6SSi/c1-4-11(19(15,16)17)10(8-9(2)3)6-5-7-18(12,13)14/h9-10,15-17H,4-8H2,1-3H3,(H,12,13,14). The number of hydrogen-bond donors (Lipinski definition) is 4. The van der Waals surface area contributed by atoms with Crippen molar-refractivity contribution in [3.63, 3.8) is 0 Å². The van der Waals surface area contributed by atoms with E-state index in [0.29, 0.717) is 12.8 Å². The molecule has 4 N–H and O–H groups in total. The van der Waals surface area contributed by atoms with E-state index >= 15 is 0 Å². The highest BCUT2D eigenvalue weighted by molar-refractivity contribution is 7.85. The van der Waals surface area contributed by atoms with Crippen LogP contribution in [0.15, 0.2) is 0 Å². The third-order valence-electron chi connectivity index (χ3n) is 2.85. The molecular formula is C10H25NO6SSi. The van der Waals surface area contributed by atoms with Crippen LogP contribution in [0.1, 0.15) is 40.0 Å². The summed E-state index contributed by atoms with van der Waals surface area (Å²) in [6, 6.07) is -0.321. The van der Waals surface area contributed by atoms with Crippen molar-refractivity contribution in [2.75, 3.05) is 12.3 Å². The van der Waals surface area contributed by atoms with E-state index < -0.39 is 19.1 Å². The second kappa shape index (κ2) is 7.67. The van der Waals surface area contributed by atoms with Gasteiger partial charge in [-0.2, -0.15) is 8.42 Å². The maximum Gasteiger partial charge on any atom is 0.591 e. The van der Waals surface area contributed by atoms with Gasteiger partial charge in [0.05, 0.1) is 5.75 Å². The summed E-state index contributed by atoms with van der Waals surface area (Å²) in [4.78, 5) is 28.3. The van der Waals surface area contributed by atoms with Crippen LogP contribution in [0.5, 0.6) is 0 Å². The highest BCUT2D eigenvalue weighted by Gasteiger charge is 2.40. The van der Waals surface area contributed by atoms with Crippen molar-refractivity contribution in [3.8, 4) is 0 Å². The van der Waals surface area contributed by atoms with Gasteiger partial charge in [0.2, 0.25) is 0 Å². The summed E-state index contributed by atoms with van der Waals surface area (Å²) in [7, 11) is -8.40. The van der Waals surface area contributed by atoms with Crippen LogP contribution in [0.25, 0.3) is 0 Å². The molecule has 0 aromatic rings. The van der Waals surface area contributed by atoms with E-state index in [4.69, 9.17) is 4.55 Å². The maximum atomic E-state index is 10.7. The summed E-state index contributed by atoms with van der Waals surface area (Å²) in [5.74, 6) is -0.100. The van der Waals surface area contributed by atoms with Crippen molar-refractivity contribution >= 4 is 19.1 Å². The van der Waals surface area contributed by atoms with Crippen LogP contribution in [0.3, 0.4) is 0 Å². The van der Waals surface area contributed by atoms with Crippen molar-refractivity contribution in [3.05, 3.63) is 0 Å². The topological polar surface area (TPSA) is 118 Å². The lowest BCUT2D eigenvalue weighted by atomic mass is 10.00. The first kappa shape index (κ1) is 19.0. The molecule has 0 aliphatic heterocycles. The minimum atomic E-state index is -4.39. The molecule has 19 heavy (non-hydrogen) atoms. The monoisotopic (exact) mass is 315 g/mol. The molecule has 0 spiro atoms. The molecule has 0 saturated heterocycles. The van der Waals surface area contributed by atoms with E-state index in [1.165, 1.54) is 4.57 Å². The lowest BCUT2D eigenvalue weighted by Gasteiger charge is -2.35. The van der Waals surface area contributed by atoms with Crippen molar-refractivity contribution in [1.82, 2.24) is 4.57 Å². The molecule has 0 bridgehead atoms. The van der Waals surface area contributed by atoms with Gasteiger partial charge in [-0.05, 0) is 31.7 Å². The summed E-state index contributed by atoms with van der Waals surface area (Å²) in [5, 5.41) is 0. The zero-order valence-corrected chi connectivity index (χ0v) is 13.5. The van der Waals surface area contributed by atoms with Crippen LogP contribution in [0.4, 0.5) is 0 Å². The molecular weight excluding hydrogens is 290 g/mol. The van der Waals surface area contributed by atoms with Gasteiger partial charge in [0.15, 0.2) is 0 Å². The number of rotatable bonds is 9. The Morgan fingerprint density at radius 1 is 1.21 bits per heavy atom. The molecule has 1 unspecified atom stereocenters. The lowest BCUT2D eigenvalue weighted by Crippen LogP contribution is -2.59. The van der Waals surface area contributed by atoms with E-state index in [-0.39, 0.29) is 30.7 Å². The predicted molar refractivity (Wildman–Crippen MR) is 73.7 cm³/mol. The minimum Gasteiger partial charge on any atom is -0.377 e. The van der Waals surface area contributed by atoms with Gasteiger partial charge < -0.3 is 14.4 Å². The Hall–Kier alpha value is -0.0331. The van der Waals surface area contributed by atoms with Crippen molar-refractivity contribution in [2.24, 2.45) is 5.92 Å². The van der Waals surface area contributed by atoms with Crippen molar-refractivity contribution < 1.29 is 27.4 Å². The molecule has 1 atom stereocenters. The fourth-order valence-electron chi connectivity index (χ4n) is 2.16. The average Bonchev–Trinajstić information content (AvgIpc) is 2.12. The van der Waals surface area contributed by atoms with E-state index in [2.05, 4.69) is 0 Å². The molecule has 0 aliphatic carbocycles. The first-order valence-electron chi connectivity index (χ1n) is 6.36. The van der Waals surface area contributed by atoms with E-state index in [9.17, 15) is 22.8 Å². The van der Waals surface area contributed by atoms with Gasteiger partial charge in [-0.25, -0.2) is 0 Å². The molecule has 0 heterocycles. The second-order valence-electron chi connectivity index (χ2n) is 5.10. The zero-order chi connectivity index (χ0) is 15.3. The zero-order valence-electron chi connectivity index (χ0n) is 11.7. The Morgan fingerprint density at radius 2 is 1.74 bits per heavy atom. The fourth-order valence-corrected chi connectivity index (χ4v) is 3.84. The Kier molecular flexibility index (Phi) is 7.66. The molecule has 9 heteroatoms. The Balaban J connectivity index is 4.70. The summed E-state index contributed by atoms with van der Waals surface area (Å²) < 4.78 is 31.3. The van der Waals surface area contributed by atoms with E-state index in [0.717, 1.165) is 0 Å². The molecule has 0 amide bonds. The highest BCUT2D eigenvalue weighted by atomic mass is 32.2. The predicted octanol–water partition coefficient (Wildman–Crippen LogP) is -0.196. The van der Waals surface area contributed by atoms with Crippen LogP contribution in [-0.4, -0.2) is 59.2 Å². The summed E-state index contributed by atoms with van der Waals surface area (Å²) in [6.45, 7) is 5.87. The minimum absolute atomic E-state index is 0.206. The molecule has 0 fully saturated rings. The van der Waals surface area contributed by atoms with Gasteiger partial charge in [0, 0.05) is 6.04 Å². The van der Waals surface area contributed by atoms with Gasteiger partial charge in [-0.3, -0.25) is 9.12 Å². The molecule has 0 aromatic heterocycles. The fraction of sp³-hybridized carbons (Fsp3) is 1.00. The third kappa shape index (κ3) is 8.68. The van der Waals surface area contributed by atoms with Gasteiger partial charge >= 0.3 is 8.97 Å². The number of hydrogen-bond acceptors (Lipinski definition) is 6. The lowest BCUT2D eigenvalue weighted by molar-refractivity contribution is 0.0973. The molecule has 0 saturated carbocycles. The summed E-state index contributed by atoms with van der Waals surface area (Å²) in [6.07, 6.45) is 1.18. The number of nitrogens with zero attached hydrogens (tertiary/aromatic N) is 1. The second-order valence-corrected chi connectivity index (χ2v) is 8.44. The normalized spacial score (nSPS) is 15.2. The highest BCUT2D eigenvalue weighted by Crippen LogP contribution is 2.19. The Bertz CT molecular complexity index is 354. The molecule has 116 valence electrons. The molecule has 0 rings (SSSR count). The van der Waals surface area contributed by atoms with Gasteiger partial charge in [-0.1, -0.05) is 20.8 Å². The van der Waals surface area contributed by atoms with E-state index in [1.807, 2.05) is 13.8 Å². The summed E-state index contributed by atoms with van der Waals surface area (Å²) in [5.41, 5.74) is 0. The largest absolute Gasteiger partial charge is 0.591 e. The Labute approximate surface area is 116 Å². The smallest absolute Gasteiger partial charge is 0.377 e. The molecule has 7 nitrogen and oxygen atoms in total. The van der Waals surface area contributed by atoms with Gasteiger partial charge in [-0.15, -0.1) is 0 Å². The van der Waals surface area contributed by atoms with E-state index in [1.54, 1.807) is 6.92 Å². The molecule has 0 aliphatic rings. The van der Waals surface area contributed by atoms with Crippen LogP contribution in [-0.2, 0) is 10.1 Å². The van der Waals surface area contributed by atoms with Crippen LogP contribution in [0, 0.1) is 5.92 Å². The van der Waals surface area contributed by atoms with Crippen molar-refractivity contribution in [2.45, 2.75) is 46.1 Å². The van der Waals surface area contributed by atoms with Crippen molar-refractivity contribution in [1.29, 1.82) is 0 Å². The first-order chi connectivity index (χ1) is 8.47. The van der Waals surface area contributed by atoms with Crippen LogP contribution >= 0.6 is 0 Å². The maximum absolute atomic E-state index is 10.7. The quantitative estimate of drug-likeness (QED) is 0.344. The SMILES string of the molecule is CCN(C(CCCS(=O)(=O)O)CC(C)C)[Si](O)(O)O. The third-order valence-corrected chi connectivity index (χ3v) is 5.11. The first-order valence-corrected chi connectivity index (χ1v) is 9.76. The summed E-state index contributed by atoms with van der Waals surface area (Å²) >= 11 is 0. The average molecular weight is 315 g/mol. The van der Waals surface area contributed by atoms with Gasteiger partial charge in [0.1, 0.15) is 0 Å². The Morgan fingerprint density at radius 3 is 2.05 bits per heavy atom. The van der Waals surface area contributed by atoms with Gasteiger partial charge in [0.25, 0.3) is 10.1 Å². The molecule has 0 radical (unpaired) electrons.